The molecule has 38 heavy (non-hydrogen) atoms. The summed E-state index contributed by atoms with van der Waals surface area (Å²) in [6.45, 7) is 2.03. The van der Waals surface area contributed by atoms with E-state index in [1.165, 1.54) is 51.8 Å². The topological polar surface area (TPSA) is 104 Å². The van der Waals surface area contributed by atoms with Crippen LogP contribution < -0.4 is 0 Å². The first-order valence-corrected chi connectivity index (χ1v) is 12.1. The first-order chi connectivity index (χ1) is 18.6. The number of esters is 1. The predicted octanol–water partition coefficient (Wildman–Crippen LogP) is 6.92. The molecule has 0 unspecified atom stereocenters. The van der Waals surface area contributed by atoms with E-state index >= 15 is 0 Å². The van der Waals surface area contributed by atoms with Gasteiger partial charge in [-0.05, 0) is 43.3 Å². The van der Waals surface area contributed by atoms with Crippen LogP contribution in [0.1, 0.15) is 16.1 Å². The Morgan fingerprint density at radius 2 is 1.34 bits per heavy atom. The molecule has 0 bridgehead atoms. The summed E-state index contributed by atoms with van der Waals surface area (Å²) in [5, 5.41) is 14.1. The number of aromatic amines is 2. The summed E-state index contributed by atoms with van der Waals surface area (Å²) in [7, 11) is 1.27. The monoisotopic (exact) mass is 502 g/mol. The molecule has 0 aliphatic carbocycles. The largest absolute Gasteiger partial charge is 0.507 e. The molecule has 0 aliphatic heterocycles. The summed E-state index contributed by atoms with van der Waals surface area (Å²) >= 11 is 0. The molecule has 0 saturated heterocycles. The Morgan fingerprint density at radius 1 is 0.737 bits per heavy atom. The average Bonchev–Trinajstić information content (AvgIpc) is 3.53. The highest BCUT2D eigenvalue weighted by Crippen LogP contribution is 2.26. The average molecular weight is 503 g/mol. The zero-order valence-electron chi connectivity index (χ0n) is 21.0. The van der Waals surface area contributed by atoms with Gasteiger partial charge >= 0.3 is 5.97 Å². The highest BCUT2D eigenvalue weighted by atomic mass is 16.5. The number of aromatic hydroxyl groups is 1. The van der Waals surface area contributed by atoms with Crippen LogP contribution in [0.25, 0.3) is 43.6 Å². The molecule has 7 rings (SSSR count). The van der Waals surface area contributed by atoms with Gasteiger partial charge in [-0.1, -0.05) is 48.5 Å². The number of H-pyrrole nitrogens is 2. The zero-order valence-corrected chi connectivity index (χ0v) is 21.0. The van der Waals surface area contributed by atoms with E-state index in [0.29, 0.717) is 0 Å². The molecule has 3 N–H and O–H groups in total. The van der Waals surface area contributed by atoms with Gasteiger partial charge in [0.15, 0.2) is 0 Å². The fourth-order valence-corrected chi connectivity index (χ4v) is 4.37. The fraction of sp³-hybridized carbons (Fsp3) is 0.0645. The second-order valence-corrected chi connectivity index (χ2v) is 8.59. The predicted molar refractivity (Wildman–Crippen MR) is 151 cm³/mol. The molecule has 7 heteroatoms. The van der Waals surface area contributed by atoms with Gasteiger partial charge in [-0.25, -0.2) is 4.79 Å². The van der Waals surface area contributed by atoms with Crippen molar-refractivity contribution in [2.45, 2.75) is 6.92 Å². The molecule has 7 aromatic rings. The van der Waals surface area contributed by atoms with Gasteiger partial charge in [0.1, 0.15) is 11.3 Å². The van der Waals surface area contributed by atoms with Gasteiger partial charge in [-0.2, -0.15) is 0 Å². The smallest absolute Gasteiger partial charge is 0.341 e. The highest BCUT2D eigenvalue weighted by Gasteiger charge is 2.08. The van der Waals surface area contributed by atoms with Crippen LogP contribution in [0, 0.1) is 6.92 Å². The molecule has 0 amide bonds. The number of hydrogen-bond acceptors (Lipinski definition) is 5. The molecule has 0 atom stereocenters. The number of carbonyl (C=O) groups is 1. The van der Waals surface area contributed by atoms with Gasteiger partial charge in [0.05, 0.1) is 30.0 Å². The summed E-state index contributed by atoms with van der Waals surface area (Å²) in [6, 6.07) is 26.9. The van der Waals surface area contributed by atoms with Crippen molar-refractivity contribution in [3.8, 4) is 5.75 Å². The molecule has 188 valence electrons. The zero-order chi connectivity index (χ0) is 26.5. The number of ether oxygens (including phenoxy) is 1. The van der Waals surface area contributed by atoms with Gasteiger partial charge in [0.2, 0.25) is 0 Å². The lowest BCUT2D eigenvalue weighted by Gasteiger charge is -1.99. The number of phenolic OH excluding ortho intramolecular Hbond substituents is 1. The molecule has 4 heterocycles. The third-order valence-electron chi connectivity index (χ3n) is 6.23. The second-order valence-electron chi connectivity index (χ2n) is 8.59. The van der Waals surface area contributed by atoms with Crippen molar-refractivity contribution >= 4 is 49.6 Å². The van der Waals surface area contributed by atoms with Crippen LogP contribution in [0.5, 0.6) is 5.75 Å². The summed E-state index contributed by atoms with van der Waals surface area (Å²) in [5.41, 5.74) is 5.84. The summed E-state index contributed by atoms with van der Waals surface area (Å²) in [6.07, 6.45) is 5.54. The Hall–Kier alpha value is -5.17. The molecule has 3 aromatic carbocycles. The van der Waals surface area contributed by atoms with E-state index in [0.717, 1.165) is 16.7 Å². The van der Waals surface area contributed by atoms with Crippen molar-refractivity contribution in [2.75, 3.05) is 7.11 Å². The van der Waals surface area contributed by atoms with Crippen LogP contribution in [0.3, 0.4) is 0 Å². The van der Waals surface area contributed by atoms with Crippen molar-refractivity contribution in [3.05, 3.63) is 115 Å². The number of aryl methyl sites for hydroxylation is 1. The number of aromatic nitrogens is 4. The van der Waals surface area contributed by atoms with Gasteiger partial charge < -0.3 is 19.8 Å². The number of para-hydroxylation sites is 3. The first kappa shape index (κ1) is 24.5. The standard InChI is InChI=1S/C12H10N2.C11H8N2.C8H8O3/c1-8-12-10(6-7-13-8)9-4-2-3-5-11(9)14-12;1-2-4-10-8(3-1)9-5-6-12-7-11(9)13-10;1-11-8(10)6-4-2-3-5-7(6)9/h2-7,14H,1H3;1-7,13H;2-5,9H,1H3. The molecule has 7 nitrogen and oxygen atoms in total. The van der Waals surface area contributed by atoms with Crippen molar-refractivity contribution in [1.82, 2.24) is 19.9 Å². The van der Waals surface area contributed by atoms with E-state index in [1.807, 2.05) is 43.7 Å². The lowest BCUT2D eigenvalue weighted by molar-refractivity contribution is 0.0597. The van der Waals surface area contributed by atoms with Crippen LogP contribution in [0.4, 0.5) is 0 Å². The minimum Gasteiger partial charge on any atom is -0.507 e. The number of pyridine rings is 2. The van der Waals surface area contributed by atoms with Crippen LogP contribution in [0.2, 0.25) is 0 Å². The molecule has 0 aliphatic rings. The van der Waals surface area contributed by atoms with E-state index < -0.39 is 5.97 Å². The Balaban J connectivity index is 0.000000117. The van der Waals surface area contributed by atoms with Crippen molar-refractivity contribution in [2.24, 2.45) is 0 Å². The SMILES string of the molecule is COC(=O)c1ccccc1O.Cc1nccc2c1[nH]c1ccccc12.c1ccc2c(c1)[nH]c1cnccc12. The molecule has 0 radical (unpaired) electrons. The highest BCUT2D eigenvalue weighted by molar-refractivity contribution is 6.08. The number of carbonyl (C=O) groups excluding carboxylic acids is 1. The maximum absolute atomic E-state index is 10.9. The molecule has 0 fully saturated rings. The number of methoxy groups -OCH3 is 1. The van der Waals surface area contributed by atoms with Gasteiger partial charge in [-0.15, -0.1) is 0 Å². The normalized spacial score (nSPS) is 10.6. The minimum atomic E-state index is -0.525. The second kappa shape index (κ2) is 10.8. The van der Waals surface area contributed by atoms with Crippen LogP contribution in [-0.4, -0.2) is 38.1 Å². The van der Waals surface area contributed by atoms with Crippen molar-refractivity contribution in [3.63, 3.8) is 0 Å². The summed E-state index contributed by atoms with van der Waals surface area (Å²) in [4.78, 5) is 25.9. The van der Waals surface area contributed by atoms with Crippen LogP contribution in [0.15, 0.2) is 104 Å². The Morgan fingerprint density at radius 3 is 2.08 bits per heavy atom. The maximum atomic E-state index is 10.9. The van der Waals surface area contributed by atoms with E-state index in [-0.39, 0.29) is 11.3 Å². The Bertz CT molecular complexity index is 1820. The van der Waals surface area contributed by atoms with E-state index in [2.05, 4.69) is 67.1 Å². The quantitative estimate of drug-likeness (QED) is 0.211. The van der Waals surface area contributed by atoms with Crippen LogP contribution >= 0.6 is 0 Å². The number of rotatable bonds is 1. The molecule has 0 spiro atoms. The third-order valence-corrected chi connectivity index (χ3v) is 6.23. The Kier molecular flexibility index (Phi) is 6.99. The summed E-state index contributed by atoms with van der Waals surface area (Å²) in [5.74, 6) is -0.581. The van der Waals surface area contributed by atoms with Gasteiger partial charge in [-0.3, -0.25) is 9.97 Å². The number of nitrogens with one attached hydrogen (secondary N) is 2. The lowest BCUT2D eigenvalue weighted by Crippen LogP contribution is -2.00. The first-order valence-electron chi connectivity index (χ1n) is 12.1. The van der Waals surface area contributed by atoms with E-state index in [9.17, 15) is 4.79 Å². The molecular formula is C31H26N4O3. The van der Waals surface area contributed by atoms with Gasteiger partial charge in [0.25, 0.3) is 0 Å². The number of fused-ring (bicyclic) bond motifs is 6. The van der Waals surface area contributed by atoms with Gasteiger partial charge in [0, 0.05) is 45.0 Å². The fourth-order valence-electron chi connectivity index (χ4n) is 4.37. The van der Waals surface area contributed by atoms with E-state index in [4.69, 9.17) is 5.11 Å². The van der Waals surface area contributed by atoms with Crippen molar-refractivity contribution in [1.29, 1.82) is 0 Å². The number of phenols is 1. The summed E-state index contributed by atoms with van der Waals surface area (Å²) < 4.78 is 4.42. The van der Waals surface area contributed by atoms with E-state index in [1.54, 1.807) is 12.1 Å². The number of benzene rings is 3. The maximum Gasteiger partial charge on any atom is 0.341 e. The molecule has 4 aromatic heterocycles. The molecule has 0 saturated carbocycles. The van der Waals surface area contributed by atoms with Crippen molar-refractivity contribution < 1.29 is 14.6 Å². The number of hydrogen-bond donors (Lipinski definition) is 3. The lowest BCUT2D eigenvalue weighted by atomic mass is 10.2. The van der Waals surface area contributed by atoms with Crippen LogP contribution in [-0.2, 0) is 4.74 Å². The number of nitrogens with zero attached hydrogens (tertiary/aromatic N) is 2. The third kappa shape index (κ3) is 4.90. The Labute approximate surface area is 218 Å². The minimum absolute atomic E-state index is 0.0562. The molecular weight excluding hydrogens is 476 g/mol.